The van der Waals surface area contributed by atoms with Crippen molar-refractivity contribution in [1.29, 1.82) is 0 Å². The topological polar surface area (TPSA) is 80.5 Å². The van der Waals surface area contributed by atoms with E-state index in [1.54, 1.807) is 12.4 Å². The summed E-state index contributed by atoms with van der Waals surface area (Å²) >= 11 is 0. The average Bonchev–Trinajstić information content (AvgIpc) is 2.52. The van der Waals surface area contributed by atoms with E-state index in [4.69, 9.17) is 5.73 Å². The summed E-state index contributed by atoms with van der Waals surface area (Å²) in [7, 11) is 0. The standard InChI is InChI=1S/C8H9N5/c1-5-6(2-12-13-5)7-3-10-11-4-8(7)9/h2-4H,1H3,(H2,9,10)(H,12,13). The van der Waals surface area contributed by atoms with Crippen LogP contribution >= 0.6 is 0 Å². The third kappa shape index (κ3) is 1.24. The fourth-order valence-electron chi connectivity index (χ4n) is 1.18. The molecule has 3 N–H and O–H groups in total. The number of aryl methyl sites for hydroxylation is 1. The van der Waals surface area contributed by atoms with E-state index >= 15 is 0 Å². The number of nitrogens with zero attached hydrogens (tertiary/aromatic N) is 3. The van der Waals surface area contributed by atoms with Crippen molar-refractivity contribution in [2.45, 2.75) is 6.92 Å². The van der Waals surface area contributed by atoms with Crippen molar-refractivity contribution in [3.05, 3.63) is 24.3 Å². The third-order valence-electron chi connectivity index (χ3n) is 1.88. The lowest BCUT2D eigenvalue weighted by Gasteiger charge is -2.00. The molecule has 2 aromatic heterocycles. The van der Waals surface area contributed by atoms with Gasteiger partial charge in [0.1, 0.15) is 0 Å². The largest absolute Gasteiger partial charge is 0.397 e. The molecule has 0 aromatic carbocycles. The first kappa shape index (κ1) is 7.72. The molecule has 5 heteroatoms. The number of hydrogen-bond donors (Lipinski definition) is 2. The number of aromatic amines is 1. The molecule has 0 aliphatic heterocycles. The molecule has 2 aromatic rings. The maximum Gasteiger partial charge on any atom is 0.0732 e. The lowest BCUT2D eigenvalue weighted by atomic mass is 10.1. The summed E-state index contributed by atoms with van der Waals surface area (Å²) in [5.74, 6) is 0. The molecule has 13 heavy (non-hydrogen) atoms. The van der Waals surface area contributed by atoms with Crippen LogP contribution in [0.3, 0.4) is 0 Å². The summed E-state index contributed by atoms with van der Waals surface area (Å²) in [4.78, 5) is 0. The Morgan fingerprint density at radius 2 is 1.92 bits per heavy atom. The van der Waals surface area contributed by atoms with Gasteiger partial charge >= 0.3 is 0 Å². The van der Waals surface area contributed by atoms with E-state index in [1.807, 2.05) is 6.92 Å². The number of nitrogen functional groups attached to an aromatic ring is 1. The van der Waals surface area contributed by atoms with Crippen molar-refractivity contribution in [2.75, 3.05) is 5.73 Å². The van der Waals surface area contributed by atoms with Gasteiger partial charge in [0.25, 0.3) is 0 Å². The minimum absolute atomic E-state index is 0.611. The Balaban J connectivity index is 2.59. The van der Waals surface area contributed by atoms with Gasteiger partial charge in [-0.15, -0.1) is 0 Å². The molecular formula is C8H9N5. The van der Waals surface area contributed by atoms with E-state index < -0.39 is 0 Å². The van der Waals surface area contributed by atoms with Crippen LogP contribution in [-0.2, 0) is 0 Å². The molecule has 0 bridgehead atoms. The third-order valence-corrected chi connectivity index (χ3v) is 1.88. The Kier molecular flexibility index (Phi) is 1.70. The summed E-state index contributed by atoms with van der Waals surface area (Å²) in [5.41, 5.74) is 9.15. The summed E-state index contributed by atoms with van der Waals surface area (Å²) in [5, 5.41) is 14.2. The van der Waals surface area contributed by atoms with Crippen LogP contribution in [0.25, 0.3) is 11.1 Å². The van der Waals surface area contributed by atoms with Crippen molar-refractivity contribution >= 4 is 5.69 Å². The van der Waals surface area contributed by atoms with E-state index in [0.29, 0.717) is 5.69 Å². The summed E-state index contributed by atoms with van der Waals surface area (Å²) < 4.78 is 0. The fraction of sp³-hybridized carbons (Fsp3) is 0.125. The van der Waals surface area contributed by atoms with Crippen LogP contribution in [-0.4, -0.2) is 20.4 Å². The highest BCUT2D eigenvalue weighted by Gasteiger charge is 2.06. The van der Waals surface area contributed by atoms with Crippen molar-refractivity contribution in [2.24, 2.45) is 0 Å². The van der Waals surface area contributed by atoms with Crippen molar-refractivity contribution in [3.63, 3.8) is 0 Å². The smallest absolute Gasteiger partial charge is 0.0732 e. The van der Waals surface area contributed by atoms with Crippen LogP contribution in [0.2, 0.25) is 0 Å². The molecule has 0 saturated heterocycles. The second kappa shape index (κ2) is 2.85. The molecule has 0 spiro atoms. The number of nitrogens with one attached hydrogen (secondary N) is 1. The zero-order valence-electron chi connectivity index (χ0n) is 7.15. The Morgan fingerprint density at radius 1 is 1.15 bits per heavy atom. The van der Waals surface area contributed by atoms with E-state index in [2.05, 4.69) is 20.4 Å². The predicted octanol–water partition coefficient (Wildman–Crippen LogP) is 0.757. The second-order valence-corrected chi connectivity index (χ2v) is 2.77. The Labute approximate surface area is 75.0 Å². The summed E-state index contributed by atoms with van der Waals surface area (Å²) in [6, 6.07) is 0. The molecule has 2 rings (SSSR count). The van der Waals surface area contributed by atoms with Gasteiger partial charge in [0.2, 0.25) is 0 Å². The van der Waals surface area contributed by atoms with Crippen LogP contribution in [0.5, 0.6) is 0 Å². The molecule has 0 atom stereocenters. The molecule has 5 nitrogen and oxygen atoms in total. The van der Waals surface area contributed by atoms with Crippen LogP contribution in [0.1, 0.15) is 5.69 Å². The molecule has 2 heterocycles. The van der Waals surface area contributed by atoms with E-state index in [0.717, 1.165) is 16.8 Å². The molecule has 0 radical (unpaired) electrons. The van der Waals surface area contributed by atoms with Crippen molar-refractivity contribution in [3.8, 4) is 11.1 Å². The van der Waals surface area contributed by atoms with E-state index in [9.17, 15) is 0 Å². The maximum atomic E-state index is 5.74. The Morgan fingerprint density at radius 3 is 2.54 bits per heavy atom. The summed E-state index contributed by atoms with van der Waals surface area (Å²) in [6.07, 6.45) is 4.89. The number of H-pyrrole nitrogens is 1. The monoisotopic (exact) mass is 175 g/mol. The van der Waals surface area contributed by atoms with Gasteiger partial charge in [0.15, 0.2) is 0 Å². The molecular weight excluding hydrogens is 166 g/mol. The molecule has 0 fully saturated rings. The van der Waals surface area contributed by atoms with Gasteiger partial charge in [-0.2, -0.15) is 15.3 Å². The molecule has 66 valence electrons. The number of aromatic nitrogens is 4. The van der Waals surface area contributed by atoms with E-state index in [1.165, 1.54) is 6.20 Å². The van der Waals surface area contributed by atoms with Gasteiger partial charge in [0.05, 0.1) is 24.3 Å². The molecule has 0 amide bonds. The average molecular weight is 175 g/mol. The van der Waals surface area contributed by atoms with Gasteiger partial charge in [-0.1, -0.05) is 0 Å². The second-order valence-electron chi connectivity index (χ2n) is 2.77. The Bertz CT molecular complexity index is 420. The highest BCUT2D eigenvalue weighted by atomic mass is 15.1. The lowest BCUT2D eigenvalue weighted by Crippen LogP contribution is -1.93. The van der Waals surface area contributed by atoms with E-state index in [-0.39, 0.29) is 0 Å². The van der Waals surface area contributed by atoms with Gasteiger partial charge < -0.3 is 5.73 Å². The van der Waals surface area contributed by atoms with Crippen LogP contribution < -0.4 is 5.73 Å². The first-order valence-electron chi connectivity index (χ1n) is 3.85. The zero-order valence-corrected chi connectivity index (χ0v) is 7.15. The quantitative estimate of drug-likeness (QED) is 0.670. The minimum Gasteiger partial charge on any atom is -0.397 e. The normalized spacial score (nSPS) is 10.2. The van der Waals surface area contributed by atoms with Gasteiger partial charge in [-0.3, -0.25) is 5.10 Å². The fourth-order valence-corrected chi connectivity index (χ4v) is 1.18. The first-order valence-corrected chi connectivity index (χ1v) is 3.85. The van der Waals surface area contributed by atoms with Gasteiger partial charge in [-0.25, -0.2) is 0 Å². The minimum atomic E-state index is 0.611. The van der Waals surface area contributed by atoms with Crippen LogP contribution in [0, 0.1) is 6.92 Å². The molecule has 0 saturated carbocycles. The van der Waals surface area contributed by atoms with Gasteiger partial charge in [-0.05, 0) is 6.92 Å². The molecule has 0 aliphatic rings. The predicted molar refractivity (Wildman–Crippen MR) is 48.8 cm³/mol. The SMILES string of the molecule is Cc1[nH]ncc1-c1cnncc1N. The highest BCUT2D eigenvalue weighted by molar-refractivity contribution is 5.75. The van der Waals surface area contributed by atoms with Crippen molar-refractivity contribution < 1.29 is 0 Å². The maximum absolute atomic E-state index is 5.74. The number of anilines is 1. The number of nitrogens with two attached hydrogens (primary N) is 1. The zero-order chi connectivity index (χ0) is 9.26. The van der Waals surface area contributed by atoms with Crippen molar-refractivity contribution in [1.82, 2.24) is 20.4 Å². The molecule has 0 unspecified atom stereocenters. The lowest BCUT2D eigenvalue weighted by molar-refractivity contribution is 1.03. The number of rotatable bonds is 1. The van der Waals surface area contributed by atoms with Gasteiger partial charge in [0, 0.05) is 16.8 Å². The summed E-state index contributed by atoms with van der Waals surface area (Å²) in [6.45, 7) is 1.93. The number of hydrogen-bond acceptors (Lipinski definition) is 4. The van der Waals surface area contributed by atoms with Crippen LogP contribution in [0.15, 0.2) is 18.6 Å². The first-order chi connectivity index (χ1) is 6.29. The highest BCUT2D eigenvalue weighted by Crippen LogP contribution is 2.24. The Hall–Kier alpha value is -1.91. The molecule has 0 aliphatic carbocycles. The van der Waals surface area contributed by atoms with Crippen LogP contribution in [0.4, 0.5) is 5.69 Å².